The Hall–Kier alpha value is -1.79. The molecular weight excluding hydrogens is 342 g/mol. The van der Waals surface area contributed by atoms with Gasteiger partial charge in [-0.1, -0.05) is 11.6 Å². The number of hydrogen-bond acceptors (Lipinski definition) is 4. The highest BCUT2D eigenvalue weighted by Gasteiger charge is 2.34. The highest BCUT2D eigenvalue weighted by atomic mass is 35.5. The Labute approximate surface area is 152 Å². The highest BCUT2D eigenvalue weighted by molar-refractivity contribution is 6.31. The molecule has 4 heterocycles. The first-order valence-corrected chi connectivity index (χ1v) is 9.17. The molecule has 0 radical (unpaired) electrons. The first-order valence-electron chi connectivity index (χ1n) is 8.79. The van der Waals surface area contributed by atoms with Crippen molar-refractivity contribution in [3.05, 3.63) is 22.7 Å². The van der Waals surface area contributed by atoms with Crippen LogP contribution in [0.15, 0.2) is 12.1 Å². The largest absolute Gasteiger partial charge is 0.481 e. The van der Waals surface area contributed by atoms with E-state index in [4.69, 9.17) is 16.3 Å². The summed E-state index contributed by atoms with van der Waals surface area (Å²) >= 11 is 6.19. The average Bonchev–Trinajstić information content (AvgIpc) is 2.93. The molecule has 3 fully saturated rings. The summed E-state index contributed by atoms with van der Waals surface area (Å²) in [7, 11) is 1.67. The molecule has 3 saturated heterocycles. The molecule has 4 aliphatic rings. The lowest BCUT2D eigenvalue weighted by Gasteiger charge is -2.35. The van der Waals surface area contributed by atoms with E-state index in [1.54, 1.807) is 19.2 Å². The number of anilines is 1. The van der Waals surface area contributed by atoms with Crippen molar-refractivity contribution in [3.63, 3.8) is 0 Å². The lowest BCUT2D eigenvalue weighted by molar-refractivity contribution is -0.121. The van der Waals surface area contributed by atoms with Gasteiger partial charge in [-0.05, 0) is 50.4 Å². The predicted molar refractivity (Wildman–Crippen MR) is 95.4 cm³/mol. The van der Waals surface area contributed by atoms with Crippen LogP contribution < -0.4 is 15.0 Å². The van der Waals surface area contributed by atoms with E-state index in [1.165, 1.54) is 11.3 Å². The number of rotatable bonds is 2. The van der Waals surface area contributed by atoms with Crippen LogP contribution in [0.1, 0.15) is 29.6 Å². The van der Waals surface area contributed by atoms with Crippen LogP contribution in [0.25, 0.3) is 0 Å². The maximum Gasteiger partial charge on any atom is 0.264 e. The maximum absolute atomic E-state index is 12.9. The Morgan fingerprint density at radius 1 is 1.32 bits per heavy atom. The third-order valence-electron chi connectivity index (χ3n) is 5.56. The molecule has 3 atom stereocenters. The van der Waals surface area contributed by atoms with Gasteiger partial charge in [0.25, 0.3) is 11.8 Å². The third-order valence-corrected chi connectivity index (χ3v) is 5.78. The minimum absolute atomic E-state index is 0.0642. The summed E-state index contributed by atoms with van der Waals surface area (Å²) in [5.74, 6) is 0.626. The lowest BCUT2D eigenvalue weighted by atomic mass is 9.90. The number of carbonyl (C=O) groups is 2. The minimum Gasteiger partial charge on any atom is -0.481 e. The molecule has 1 N–H and O–H groups in total. The number of nitrogens with zero attached hydrogens (tertiary/aromatic N) is 2. The number of halogens is 1. The molecule has 4 aliphatic heterocycles. The molecule has 134 valence electrons. The summed E-state index contributed by atoms with van der Waals surface area (Å²) in [6.45, 7) is 3.08. The summed E-state index contributed by atoms with van der Waals surface area (Å²) < 4.78 is 5.57. The molecule has 0 aliphatic carbocycles. The lowest BCUT2D eigenvalue weighted by Crippen LogP contribution is -2.50. The maximum atomic E-state index is 12.9. The van der Waals surface area contributed by atoms with Gasteiger partial charge in [0.15, 0.2) is 12.4 Å². The normalized spacial score (nSPS) is 28.2. The first kappa shape index (κ1) is 16.7. The second-order valence-electron chi connectivity index (χ2n) is 7.11. The molecule has 0 spiro atoms. The van der Waals surface area contributed by atoms with Crippen LogP contribution in [0.3, 0.4) is 0 Å². The predicted octanol–water partition coefficient (Wildman–Crippen LogP) is 1.91. The van der Waals surface area contributed by atoms with Crippen molar-refractivity contribution in [2.75, 3.05) is 38.2 Å². The highest BCUT2D eigenvalue weighted by Crippen LogP contribution is 2.38. The number of benzene rings is 1. The van der Waals surface area contributed by atoms with Gasteiger partial charge in [0.1, 0.15) is 0 Å². The Balaban J connectivity index is 1.60. The van der Waals surface area contributed by atoms with Crippen molar-refractivity contribution in [1.29, 1.82) is 0 Å². The number of amides is 2. The van der Waals surface area contributed by atoms with Gasteiger partial charge in [-0.3, -0.25) is 9.59 Å². The number of ether oxygens (including phenoxy) is 1. The van der Waals surface area contributed by atoms with Crippen molar-refractivity contribution in [2.24, 2.45) is 5.92 Å². The number of nitrogens with one attached hydrogen (secondary N) is 1. The van der Waals surface area contributed by atoms with Gasteiger partial charge in [0, 0.05) is 24.7 Å². The standard InChI is InChI=1S/C18H22ClN3O3/c1-21-15-8-12(19)7-13(17(15)25-10-16(21)23)18(24)20-14-9-22-5-2-3-11(14)4-6-22/h7-8,11,14H,2-6,9-10H2,1H3,(H,20,24). The zero-order chi connectivity index (χ0) is 17.6. The van der Waals surface area contributed by atoms with Crippen LogP contribution in [0, 0.1) is 5.92 Å². The van der Waals surface area contributed by atoms with E-state index in [9.17, 15) is 9.59 Å². The molecule has 3 unspecified atom stereocenters. The zero-order valence-corrected chi connectivity index (χ0v) is 15.0. The van der Waals surface area contributed by atoms with Gasteiger partial charge < -0.3 is 19.9 Å². The summed E-state index contributed by atoms with van der Waals surface area (Å²) in [6.07, 6.45) is 3.48. The van der Waals surface area contributed by atoms with Gasteiger partial charge >= 0.3 is 0 Å². The van der Waals surface area contributed by atoms with Gasteiger partial charge in [-0.2, -0.15) is 0 Å². The van der Waals surface area contributed by atoms with E-state index in [0.717, 1.165) is 32.5 Å². The van der Waals surface area contributed by atoms with E-state index in [0.29, 0.717) is 27.9 Å². The van der Waals surface area contributed by atoms with Crippen molar-refractivity contribution >= 4 is 29.1 Å². The second-order valence-corrected chi connectivity index (χ2v) is 7.55. The van der Waals surface area contributed by atoms with Crippen molar-refractivity contribution in [1.82, 2.24) is 10.2 Å². The number of fused-ring (bicyclic) bond motifs is 5. The topological polar surface area (TPSA) is 61.9 Å². The molecule has 2 bridgehead atoms. The fourth-order valence-electron chi connectivity index (χ4n) is 4.12. The van der Waals surface area contributed by atoms with E-state index in [-0.39, 0.29) is 24.5 Å². The Morgan fingerprint density at radius 2 is 2.16 bits per heavy atom. The summed E-state index contributed by atoms with van der Waals surface area (Å²) in [4.78, 5) is 28.7. The average molecular weight is 364 g/mol. The molecule has 6 nitrogen and oxygen atoms in total. The molecule has 1 aromatic carbocycles. The minimum atomic E-state index is -0.180. The van der Waals surface area contributed by atoms with Crippen molar-refractivity contribution in [2.45, 2.75) is 25.3 Å². The SMILES string of the molecule is CN1C(=O)COc2c(C(=O)NC3CN4CCCC3CC4)cc(Cl)cc21. The van der Waals surface area contributed by atoms with Crippen LogP contribution >= 0.6 is 11.6 Å². The molecule has 1 aromatic rings. The van der Waals surface area contributed by atoms with Crippen LogP contribution in [0.4, 0.5) is 5.69 Å². The van der Waals surface area contributed by atoms with Crippen molar-refractivity contribution < 1.29 is 14.3 Å². The van der Waals surface area contributed by atoms with E-state index < -0.39 is 0 Å². The number of carbonyl (C=O) groups excluding carboxylic acids is 2. The summed E-state index contributed by atoms with van der Waals surface area (Å²) in [6, 6.07) is 3.43. The van der Waals surface area contributed by atoms with Crippen LogP contribution in [-0.2, 0) is 4.79 Å². The van der Waals surface area contributed by atoms with E-state index >= 15 is 0 Å². The molecule has 0 aromatic heterocycles. The molecule has 7 heteroatoms. The molecular formula is C18H22ClN3O3. The fraction of sp³-hybridized carbons (Fsp3) is 0.556. The van der Waals surface area contributed by atoms with E-state index in [2.05, 4.69) is 10.2 Å². The van der Waals surface area contributed by atoms with Crippen LogP contribution in [0.2, 0.25) is 5.02 Å². The van der Waals surface area contributed by atoms with Gasteiger partial charge in [-0.15, -0.1) is 0 Å². The van der Waals surface area contributed by atoms with Crippen LogP contribution in [-0.4, -0.2) is 56.0 Å². The van der Waals surface area contributed by atoms with Crippen LogP contribution in [0.5, 0.6) is 5.75 Å². The van der Waals surface area contributed by atoms with E-state index in [1.807, 2.05) is 0 Å². The monoisotopic (exact) mass is 363 g/mol. The van der Waals surface area contributed by atoms with Gasteiger partial charge in [0.2, 0.25) is 0 Å². The first-order chi connectivity index (χ1) is 12.0. The van der Waals surface area contributed by atoms with Crippen molar-refractivity contribution in [3.8, 4) is 5.75 Å². The number of piperidine rings is 1. The van der Waals surface area contributed by atoms with Gasteiger partial charge in [-0.25, -0.2) is 0 Å². The number of hydrogen-bond donors (Lipinski definition) is 1. The molecule has 5 rings (SSSR count). The third kappa shape index (κ3) is 3.09. The van der Waals surface area contributed by atoms with Gasteiger partial charge in [0.05, 0.1) is 11.3 Å². The second kappa shape index (κ2) is 6.50. The quantitative estimate of drug-likeness (QED) is 0.872. The summed E-state index contributed by atoms with van der Waals surface area (Å²) in [5, 5.41) is 3.60. The Morgan fingerprint density at radius 3 is 3.00 bits per heavy atom. The fourth-order valence-corrected chi connectivity index (χ4v) is 4.33. The Kier molecular flexibility index (Phi) is 4.33. The Bertz CT molecular complexity index is 720. The number of likely N-dealkylation sites (N-methyl/N-ethyl adjacent to an activating group) is 1. The molecule has 25 heavy (non-hydrogen) atoms. The summed E-state index contributed by atoms with van der Waals surface area (Å²) in [5.41, 5.74) is 0.942. The molecule has 0 saturated carbocycles. The zero-order valence-electron chi connectivity index (χ0n) is 14.3. The smallest absolute Gasteiger partial charge is 0.264 e. The molecule has 2 amide bonds.